The van der Waals surface area contributed by atoms with Crippen LogP contribution in [-0.4, -0.2) is 33.9 Å². The molecule has 0 saturated heterocycles. The number of aromatic amines is 1. The van der Waals surface area contributed by atoms with Crippen LogP contribution in [0.15, 0.2) is 53.3 Å². The van der Waals surface area contributed by atoms with Crippen LogP contribution in [0.3, 0.4) is 0 Å². The van der Waals surface area contributed by atoms with Crippen LogP contribution < -0.4 is 10.9 Å². The Morgan fingerprint density at radius 1 is 1.16 bits per heavy atom. The van der Waals surface area contributed by atoms with Crippen LogP contribution in [0, 0.1) is 10.1 Å². The zero-order chi connectivity index (χ0) is 22.5. The van der Waals surface area contributed by atoms with Gasteiger partial charge in [-0.25, -0.2) is 9.78 Å². The molecule has 0 saturated carbocycles. The van der Waals surface area contributed by atoms with Crippen LogP contribution in [0.4, 0.5) is 11.4 Å². The summed E-state index contributed by atoms with van der Waals surface area (Å²) >= 11 is 0. The third-order valence-electron chi connectivity index (χ3n) is 4.36. The van der Waals surface area contributed by atoms with Crippen LogP contribution in [0.25, 0.3) is 11.4 Å². The summed E-state index contributed by atoms with van der Waals surface area (Å²) in [5.41, 5.74) is 0.661. The van der Waals surface area contributed by atoms with Crippen LogP contribution in [0.5, 0.6) is 0 Å². The molecule has 10 nitrogen and oxygen atoms in total. The van der Waals surface area contributed by atoms with Gasteiger partial charge in [-0.05, 0) is 24.6 Å². The van der Waals surface area contributed by atoms with Crippen LogP contribution >= 0.6 is 0 Å². The first-order valence-electron chi connectivity index (χ1n) is 9.20. The lowest BCUT2D eigenvalue weighted by Gasteiger charge is -2.09. The molecule has 2 N–H and O–H groups in total. The minimum atomic E-state index is -0.800. The lowest BCUT2D eigenvalue weighted by atomic mass is 10.1. The first kappa shape index (κ1) is 21.4. The molecule has 0 aliphatic carbocycles. The number of nitrogens with one attached hydrogen (secondary N) is 2. The van der Waals surface area contributed by atoms with Crippen molar-refractivity contribution in [2.24, 2.45) is 0 Å². The summed E-state index contributed by atoms with van der Waals surface area (Å²) in [6.45, 7) is 1.88. The number of carbonyl (C=O) groups excluding carboxylic acids is 2. The number of nitrogens with zero attached hydrogens (tertiary/aromatic N) is 2. The number of amides is 1. The van der Waals surface area contributed by atoms with E-state index >= 15 is 0 Å². The Kier molecular flexibility index (Phi) is 6.20. The van der Waals surface area contributed by atoms with E-state index in [1.54, 1.807) is 24.3 Å². The summed E-state index contributed by atoms with van der Waals surface area (Å²) in [5.74, 6) is -1.11. The number of hydrogen-bond donors (Lipinski definition) is 2. The molecule has 10 heteroatoms. The summed E-state index contributed by atoms with van der Waals surface area (Å²) in [4.78, 5) is 53.8. The first-order chi connectivity index (χ1) is 14.8. The standard InChI is InChI=1S/C21H18N4O6/c1-3-15-11-18(26)24-19(22-15)12-5-4-6-16(8-12)23-20(27)13-7-14(21(28)31-2)10-17(9-13)25(29)30/h4-11H,3H2,1-2H3,(H,23,27)(H,22,24,26). The molecular formula is C21H18N4O6. The molecule has 1 heterocycles. The number of hydrogen-bond acceptors (Lipinski definition) is 7. The lowest BCUT2D eigenvalue weighted by Crippen LogP contribution is -2.14. The SMILES string of the molecule is CCc1cc(=O)[nH]c(-c2cccc(NC(=O)c3cc(C(=O)OC)cc([N+](=O)[O-])c3)c2)n1. The number of aromatic nitrogens is 2. The quantitative estimate of drug-likeness (QED) is 0.353. The average Bonchev–Trinajstić information content (AvgIpc) is 2.77. The van der Waals surface area contributed by atoms with E-state index in [1.165, 1.54) is 12.1 Å². The van der Waals surface area contributed by atoms with Crippen molar-refractivity contribution in [3.05, 3.63) is 85.8 Å². The van der Waals surface area contributed by atoms with E-state index < -0.39 is 22.5 Å². The zero-order valence-corrected chi connectivity index (χ0v) is 16.7. The topological polar surface area (TPSA) is 144 Å². The molecular weight excluding hydrogens is 404 g/mol. The smallest absolute Gasteiger partial charge is 0.338 e. The first-order valence-corrected chi connectivity index (χ1v) is 9.20. The Balaban J connectivity index is 1.93. The monoisotopic (exact) mass is 422 g/mol. The number of rotatable bonds is 6. The van der Waals surface area contributed by atoms with Crippen molar-refractivity contribution in [2.45, 2.75) is 13.3 Å². The summed E-state index contributed by atoms with van der Waals surface area (Å²) in [6.07, 6.45) is 0.586. The molecule has 0 spiro atoms. The van der Waals surface area contributed by atoms with Crippen LogP contribution in [-0.2, 0) is 11.2 Å². The van der Waals surface area contributed by atoms with Crippen molar-refractivity contribution in [1.29, 1.82) is 0 Å². The van der Waals surface area contributed by atoms with Crippen molar-refractivity contribution in [3.63, 3.8) is 0 Å². The highest BCUT2D eigenvalue weighted by molar-refractivity contribution is 6.06. The molecule has 0 radical (unpaired) electrons. The van der Waals surface area contributed by atoms with Crippen molar-refractivity contribution >= 4 is 23.3 Å². The zero-order valence-electron chi connectivity index (χ0n) is 16.7. The van der Waals surface area contributed by atoms with E-state index in [1.807, 2.05) is 6.92 Å². The number of methoxy groups -OCH3 is 1. The highest BCUT2D eigenvalue weighted by Gasteiger charge is 2.18. The largest absolute Gasteiger partial charge is 0.465 e. The number of esters is 1. The highest BCUT2D eigenvalue weighted by Crippen LogP contribution is 2.22. The summed E-state index contributed by atoms with van der Waals surface area (Å²) in [6, 6.07) is 11.3. The van der Waals surface area contributed by atoms with E-state index in [0.29, 0.717) is 29.2 Å². The van der Waals surface area contributed by atoms with Gasteiger partial charge in [0.15, 0.2) is 0 Å². The van der Waals surface area contributed by atoms with Crippen LogP contribution in [0.2, 0.25) is 0 Å². The third-order valence-corrected chi connectivity index (χ3v) is 4.36. The summed E-state index contributed by atoms with van der Waals surface area (Å²) < 4.78 is 4.59. The molecule has 0 atom stereocenters. The number of ether oxygens (including phenoxy) is 1. The molecule has 3 rings (SSSR count). The Morgan fingerprint density at radius 2 is 1.90 bits per heavy atom. The van der Waals surface area contributed by atoms with Gasteiger partial charge in [-0.2, -0.15) is 0 Å². The molecule has 1 amide bonds. The third kappa shape index (κ3) is 4.99. The van der Waals surface area contributed by atoms with Gasteiger partial charge in [-0.3, -0.25) is 19.7 Å². The van der Waals surface area contributed by atoms with Gasteiger partial charge in [0.05, 0.1) is 17.6 Å². The maximum absolute atomic E-state index is 12.7. The van der Waals surface area contributed by atoms with Gasteiger partial charge in [-0.1, -0.05) is 19.1 Å². The Bertz CT molecular complexity index is 1230. The molecule has 0 unspecified atom stereocenters. The second-order valence-electron chi connectivity index (χ2n) is 6.49. The fourth-order valence-electron chi connectivity index (χ4n) is 2.86. The number of nitro groups is 1. The number of carbonyl (C=O) groups is 2. The molecule has 31 heavy (non-hydrogen) atoms. The van der Waals surface area contributed by atoms with E-state index in [2.05, 4.69) is 20.0 Å². The number of aryl methyl sites for hydroxylation is 1. The van der Waals surface area contributed by atoms with E-state index in [9.17, 15) is 24.5 Å². The number of anilines is 1. The van der Waals surface area contributed by atoms with Gasteiger partial charge in [0.1, 0.15) is 5.82 Å². The molecule has 0 aliphatic heterocycles. The van der Waals surface area contributed by atoms with Gasteiger partial charge in [0, 0.05) is 40.7 Å². The number of nitro benzene ring substituents is 1. The predicted molar refractivity (Wildman–Crippen MR) is 112 cm³/mol. The predicted octanol–water partition coefficient (Wildman–Crippen LogP) is 2.95. The number of benzene rings is 2. The average molecular weight is 422 g/mol. The van der Waals surface area contributed by atoms with Crippen molar-refractivity contribution in [3.8, 4) is 11.4 Å². The maximum atomic E-state index is 12.7. The van der Waals surface area contributed by atoms with E-state index in [4.69, 9.17) is 0 Å². The second kappa shape index (κ2) is 8.99. The summed E-state index contributed by atoms with van der Waals surface area (Å²) in [7, 11) is 1.14. The molecule has 3 aromatic rings. The second-order valence-corrected chi connectivity index (χ2v) is 6.49. The van der Waals surface area contributed by atoms with Crippen molar-refractivity contribution in [1.82, 2.24) is 9.97 Å². The van der Waals surface area contributed by atoms with Crippen molar-refractivity contribution < 1.29 is 19.2 Å². The molecule has 2 aromatic carbocycles. The highest BCUT2D eigenvalue weighted by atomic mass is 16.6. The molecule has 0 bridgehead atoms. The number of H-pyrrole nitrogens is 1. The van der Waals surface area contributed by atoms with Gasteiger partial charge >= 0.3 is 5.97 Å². The normalized spacial score (nSPS) is 10.4. The minimum Gasteiger partial charge on any atom is -0.465 e. The van der Waals surface area contributed by atoms with Crippen molar-refractivity contribution in [2.75, 3.05) is 12.4 Å². The Labute approximate surface area is 176 Å². The Hall–Kier alpha value is -4.34. The fraction of sp³-hybridized carbons (Fsp3) is 0.143. The van der Waals surface area contributed by atoms with Gasteiger partial charge in [-0.15, -0.1) is 0 Å². The molecule has 1 aromatic heterocycles. The van der Waals surface area contributed by atoms with Gasteiger partial charge in [0.25, 0.3) is 17.2 Å². The van der Waals surface area contributed by atoms with Crippen LogP contribution in [0.1, 0.15) is 33.3 Å². The summed E-state index contributed by atoms with van der Waals surface area (Å²) in [5, 5.41) is 13.8. The van der Waals surface area contributed by atoms with Gasteiger partial charge in [0.2, 0.25) is 0 Å². The molecule has 158 valence electrons. The maximum Gasteiger partial charge on any atom is 0.338 e. The van der Waals surface area contributed by atoms with Gasteiger partial charge < -0.3 is 15.0 Å². The molecule has 0 fully saturated rings. The Morgan fingerprint density at radius 3 is 2.58 bits per heavy atom. The van der Waals surface area contributed by atoms with E-state index in [0.717, 1.165) is 19.2 Å². The number of non-ortho nitro benzene ring substituents is 1. The lowest BCUT2D eigenvalue weighted by molar-refractivity contribution is -0.384. The minimum absolute atomic E-state index is 0.0838. The molecule has 0 aliphatic rings. The van der Waals surface area contributed by atoms with E-state index in [-0.39, 0.29) is 16.7 Å². The fourth-order valence-corrected chi connectivity index (χ4v) is 2.86.